The van der Waals surface area contributed by atoms with E-state index in [-0.39, 0.29) is 6.61 Å². The van der Waals surface area contributed by atoms with E-state index in [1.165, 1.54) is 0 Å². The number of aliphatic hydroxyl groups excluding tert-OH is 3. The van der Waals surface area contributed by atoms with Crippen molar-refractivity contribution < 1.29 is 29.5 Å². The van der Waals surface area contributed by atoms with E-state index in [9.17, 15) is 15.3 Å². The minimum Gasteiger partial charge on any atom is -0.481 e. The Balaban J connectivity index is 1.68. The minimum atomic E-state index is -1.32. The first-order chi connectivity index (χ1) is 11.6. The SMILES string of the molecule is COc1ccc(-c2ccc(O[C@H]3OC[C@H](O)[C@H](O)[C@H]3O)cc2)cn1. The van der Waals surface area contributed by atoms with Crippen LogP contribution in [0.4, 0.5) is 0 Å². The summed E-state index contributed by atoms with van der Waals surface area (Å²) in [6, 6.07) is 10.8. The van der Waals surface area contributed by atoms with Gasteiger partial charge in [0.15, 0.2) is 0 Å². The summed E-state index contributed by atoms with van der Waals surface area (Å²) < 4.78 is 15.8. The molecule has 0 aliphatic carbocycles. The molecule has 0 bridgehead atoms. The molecule has 7 heteroatoms. The molecule has 3 rings (SSSR count). The second kappa shape index (κ2) is 7.14. The second-order valence-electron chi connectivity index (χ2n) is 5.48. The van der Waals surface area contributed by atoms with Gasteiger partial charge in [0.2, 0.25) is 12.2 Å². The number of aromatic nitrogens is 1. The van der Waals surface area contributed by atoms with E-state index in [0.29, 0.717) is 11.6 Å². The summed E-state index contributed by atoms with van der Waals surface area (Å²) in [5.74, 6) is 1.02. The van der Waals surface area contributed by atoms with Gasteiger partial charge in [-0.05, 0) is 23.8 Å². The predicted molar refractivity (Wildman–Crippen MR) is 84.6 cm³/mol. The number of aliphatic hydroxyl groups is 3. The third kappa shape index (κ3) is 3.49. The van der Waals surface area contributed by atoms with Crippen molar-refractivity contribution in [1.29, 1.82) is 0 Å². The van der Waals surface area contributed by atoms with E-state index in [1.54, 1.807) is 31.5 Å². The van der Waals surface area contributed by atoms with E-state index in [4.69, 9.17) is 14.2 Å². The number of benzene rings is 1. The first-order valence-electron chi connectivity index (χ1n) is 7.51. The van der Waals surface area contributed by atoms with Crippen LogP contribution in [0.2, 0.25) is 0 Å². The summed E-state index contributed by atoms with van der Waals surface area (Å²) in [7, 11) is 1.56. The van der Waals surface area contributed by atoms with Gasteiger partial charge in [-0.3, -0.25) is 0 Å². The van der Waals surface area contributed by atoms with Crippen molar-refractivity contribution in [3.63, 3.8) is 0 Å². The lowest BCUT2D eigenvalue weighted by Gasteiger charge is -2.34. The molecule has 1 aliphatic rings. The van der Waals surface area contributed by atoms with Crippen molar-refractivity contribution >= 4 is 0 Å². The van der Waals surface area contributed by atoms with Crippen LogP contribution in [-0.4, -0.2) is 58.6 Å². The Hall–Kier alpha value is -2.19. The Kier molecular flexibility index (Phi) is 4.96. The van der Waals surface area contributed by atoms with Gasteiger partial charge in [0.1, 0.15) is 24.1 Å². The molecular formula is C17H19NO6. The highest BCUT2D eigenvalue weighted by molar-refractivity contribution is 5.63. The average Bonchev–Trinajstić information content (AvgIpc) is 2.63. The van der Waals surface area contributed by atoms with Crippen LogP contribution in [0.25, 0.3) is 11.1 Å². The summed E-state index contributed by atoms with van der Waals surface area (Å²) in [5.41, 5.74) is 1.87. The summed E-state index contributed by atoms with van der Waals surface area (Å²) in [6.45, 7) is -0.0987. The van der Waals surface area contributed by atoms with Crippen LogP contribution in [0.3, 0.4) is 0 Å². The quantitative estimate of drug-likeness (QED) is 0.752. The maximum Gasteiger partial charge on any atom is 0.228 e. The molecule has 0 saturated carbocycles. The molecule has 0 unspecified atom stereocenters. The Morgan fingerprint density at radius 3 is 2.33 bits per heavy atom. The summed E-state index contributed by atoms with van der Waals surface area (Å²) in [4.78, 5) is 4.16. The molecule has 1 saturated heterocycles. The molecule has 1 aromatic heterocycles. The monoisotopic (exact) mass is 333 g/mol. The van der Waals surface area contributed by atoms with Gasteiger partial charge in [-0.2, -0.15) is 0 Å². The average molecular weight is 333 g/mol. The van der Waals surface area contributed by atoms with Crippen LogP contribution >= 0.6 is 0 Å². The van der Waals surface area contributed by atoms with Gasteiger partial charge in [0.05, 0.1) is 13.7 Å². The normalized spacial score (nSPS) is 26.8. The molecule has 0 amide bonds. The second-order valence-corrected chi connectivity index (χ2v) is 5.48. The topological polar surface area (TPSA) is 101 Å². The maximum atomic E-state index is 9.87. The Labute approximate surface area is 139 Å². The fraction of sp³-hybridized carbons (Fsp3) is 0.353. The first kappa shape index (κ1) is 16.7. The zero-order chi connectivity index (χ0) is 17.1. The fourth-order valence-electron chi connectivity index (χ4n) is 2.41. The molecule has 0 spiro atoms. The van der Waals surface area contributed by atoms with E-state index in [1.807, 2.05) is 18.2 Å². The van der Waals surface area contributed by atoms with Gasteiger partial charge in [-0.1, -0.05) is 12.1 Å². The number of rotatable bonds is 4. The summed E-state index contributed by atoms with van der Waals surface area (Å²) in [5, 5.41) is 29.0. The molecule has 3 N–H and O–H groups in total. The molecule has 0 radical (unpaired) electrons. The zero-order valence-corrected chi connectivity index (χ0v) is 13.1. The molecular weight excluding hydrogens is 314 g/mol. The standard InChI is InChI=1S/C17H19NO6/c1-22-14-7-4-11(8-18-14)10-2-5-12(6-3-10)24-17-16(21)15(20)13(19)9-23-17/h2-8,13,15-17,19-21H,9H2,1H3/t13-,15-,16+,17+/m0/s1. The highest BCUT2D eigenvalue weighted by Gasteiger charge is 2.38. The van der Waals surface area contributed by atoms with Gasteiger partial charge in [-0.15, -0.1) is 0 Å². The number of hydrogen-bond donors (Lipinski definition) is 3. The third-order valence-electron chi connectivity index (χ3n) is 3.84. The lowest BCUT2D eigenvalue weighted by Crippen LogP contribution is -2.54. The van der Waals surface area contributed by atoms with Crippen LogP contribution in [0.5, 0.6) is 11.6 Å². The largest absolute Gasteiger partial charge is 0.481 e. The zero-order valence-electron chi connectivity index (χ0n) is 13.1. The number of hydrogen-bond acceptors (Lipinski definition) is 7. The summed E-state index contributed by atoms with van der Waals surface area (Å²) >= 11 is 0. The van der Waals surface area contributed by atoms with E-state index < -0.39 is 24.6 Å². The number of nitrogens with zero attached hydrogens (tertiary/aromatic N) is 1. The molecule has 128 valence electrons. The van der Waals surface area contributed by atoms with Crippen molar-refractivity contribution in [1.82, 2.24) is 4.98 Å². The van der Waals surface area contributed by atoms with Crippen LogP contribution in [0, 0.1) is 0 Å². The Morgan fingerprint density at radius 1 is 1.00 bits per heavy atom. The predicted octanol–water partition coefficient (Wildman–Crippen LogP) is 0.575. The van der Waals surface area contributed by atoms with Crippen LogP contribution < -0.4 is 9.47 Å². The smallest absolute Gasteiger partial charge is 0.228 e. The lowest BCUT2D eigenvalue weighted by atomic mass is 10.1. The fourth-order valence-corrected chi connectivity index (χ4v) is 2.41. The van der Waals surface area contributed by atoms with E-state index in [0.717, 1.165) is 11.1 Å². The lowest BCUT2D eigenvalue weighted by molar-refractivity contribution is -0.242. The van der Waals surface area contributed by atoms with Crippen molar-refractivity contribution in [2.75, 3.05) is 13.7 Å². The van der Waals surface area contributed by atoms with Gasteiger partial charge in [0, 0.05) is 17.8 Å². The molecule has 2 aromatic rings. The van der Waals surface area contributed by atoms with Crippen molar-refractivity contribution in [3.05, 3.63) is 42.6 Å². The molecule has 1 aromatic carbocycles. The number of methoxy groups -OCH3 is 1. The molecule has 4 atom stereocenters. The van der Waals surface area contributed by atoms with Crippen molar-refractivity contribution in [2.45, 2.75) is 24.6 Å². The Morgan fingerprint density at radius 2 is 1.71 bits per heavy atom. The highest BCUT2D eigenvalue weighted by atomic mass is 16.7. The number of ether oxygens (including phenoxy) is 3. The van der Waals surface area contributed by atoms with Crippen LogP contribution in [0.1, 0.15) is 0 Å². The van der Waals surface area contributed by atoms with Gasteiger partial charge in [0.25, 0.3) is 0 Å². The molecule has 2 heterocycles. The summed E-state index contributed by atoms with van der Waals surface area (Å²) in [6.07, 6.45) is -3.06. The first-order valence-corrected chi connectivity index (χ1v) is 7.51. The molecule has 1 fully saturated rings. The highest BCUT2D eigenvalue weighted by Crippen LogP contribution is 2.25. The van der Waals surface area contributed by atoms with Crippen molar-refractivity contribution in [3.8, 4) is 22.8 Å². The molecule has 24 heavy (non-hydrogen) atoms. The maximum absolute atomic E-state index is 9.87. The van der Waals surface area contributed by atoms with Gasteiger partial charge in [-0.25, -0.2) is 4.98 Å². The van der Waals surface area contributed by atoms with Crippen molar-refractivity contribution in [2.24, 2.45) is 0 Å². The van der Waals surface area contributed by atoms with Gasteiger partial charge >= 0.3 is 0 Å². The van der Waals surface area contributed by atoms with Crippen LogP contribution in [0.15, 0.2) is 42.6 Å². The Bertz CT molecular complexity index is 660. The van der Waals surface area contributed by atoms with E-state index in [2.05, 4.69) is 4.98 Å². The minimum absolute atomic E-state index is 0.0987. The van der Waals surface area contributed by atoms with E-state index >= 15 is 0 Å². The molecule has 7 nitrogen and oxygen atoms in total. The van der Waals surface area contributed by atoms with Crippen LogP contribution in [-0.2, 0) is 4.74 Å². The number of pyridine rings is 1. The molecule has 1 aliphatic heterocycles. The third-order valence-corrected chi connectivity index (χ3v) is 3.84. The van der Waals surface area contributed by atoms with Gasteiger partial charge < -0.3 is 29.5 Å².